The maximum absolute atomic E-state index is 13.0. The van der Waals surface area contributed by atoms with Gasteiger partial charge in [0.1, 0.15) is 39.3 Å². The van der Waals surface area contributed by atoms with E-state index in [4.69, 9.17) is 0 Å². The number of aliphatic imine (C=N–C) groups is 1. The minimum absolute atomic E-state index is 0.120. The number of aromatic hydroxyl groups is 3. The van der Waals surface area contributed by atoms with Gasteiger partial charge in [-0.05, 0) is 70.9 Å². The number of fused-ring (bicyclic) bond motifs is 2. The molecule has 2 aliphatic rings. The Morgan fingerprint density at radius 1 is 0.919 bits per heavy atom. The van der Waals surface area contributed by atoms with E-state index in [-0.39, 0.29) is 56.3 Å². The van der Waals surface area contributed by atoms with Crippen LogP contribution in [-0.2, 0) is 0 Å². The first-order valence-electron chi connectivity index (χ1n) is 13.0. The van der Waals surface area contributed by atoms with Gasteiger partial charge in [0, 0.05) is 31.4 Å². The van der Waals surface area contributed by atoms with E-state index in [1.165, 1.54) is 37.8 Å². The van der Waals surface area contributed by atoms with Crippen molar-refractivity contribution in [2.75, 3.05) is 52.4 Å². The van der Waals surface area contributed by atoms with Gasteiger partial charge in [-0.2, -0.15) is 0 Å². The van der Waals surface area contributed by atoms with Gasteiger partial charge in [0.25, 0.3) is 5.91 Å². The van der Waals surface area contributed by atoms with E-state index in [9.17, 15) is 20.1 Å². The molecule has 0 radical (unpaired) electrons. The van der Waals surface area contributed by atoms with Crippen LogP contribution in [-0.4, -0.2) is 99.6 Å². The summed E-state index contributed by atoms with van der Waals surface area (Å²) >= 11 is 0. The Morgan fingerprint density at radius 2 is 1.57 bits per heavy atom. The van der Waals surface area contributed by atoms with Crippen molar-refractivity contribution in [2.45, 2.75) is 32.6 Å². The number of nitrogens with one attached hydrogen (secondary N) is 1. The third-order valence-electron chi connectivity index (χ3n) is 7.37. The molecule has 0 unspecified atom stereocenters. The van der Waals surface area contributed by atoms with Crippen molar-refractivity contribution in [2.24, 2.45) is 4.99 Å². The molecule has 4 N–H and O–H groups in total. The molecule has 2 aromatic carbocycles. The van der Waals surface area contributed by atoms with Crippen molar-refractivity contribution in [3.63, 3.8) is 0 Å². The summed E-state index contributed by atoms with van der Waals surface area (Å²) in [5, 5.41) is 35.1. The predicted molar refractivity (Wildman–Crippen MR) is 143 cm³/mol. The fourth-order valence-corrected chi connectivity index (χ4v) is 5.17. The number of nitrogens with zero attached hydrogens (tertiary/aromatic N) is 5. The molecule has 0 saturated carbocycles. The van der Waals surface area contributed by atoms with Gasteiger partial charge in [0.05, 0.1) is 17.7 Å². The molecule has 0 aliphatic carbocycles. The lowest BCUT2D eigenvalue weighted by Crippen LogP contribution is -2.33. The molecule has 2 saturated heterocycles. The first-order chi connectivity index (χ1) is 17.9. The van der Waals surface area contributed by atoms with Gasteiger partial charge in [-0.3, -0.25) is 9.79 Å². The summed E-state index contributed by atoms with van der Waals surface area (Å²) in [6.45, 7) is 8.50. The van der Waals surface area contributed by atoms with Crippen LogP contribution in [0.2, 0.25) is 0 Å². The van der Waals surface area contributed by atoms with E-state index in [1.807, 2.05) is 0 Å². The molecule has 0 spiro atoms. The highest BCUT2D eigenvalue weighted by atomic mass is 16.3. The second kappa shape index (κ2) is 10.9. The maximum atomic E-state index is 13.0. The van der Waals surface area contributed by atoms with Crippen LogP contribution in [0.25, 0.3) is 22.1 Å². The van der Waals surface area contributed by atoms with Crippen LogP contribution in [0, 0.1) is 6.92 Å². The second-order valence-corrected chi connectivity index (χ2v) is 9.87. The first kappa shape index (κ1) is 25.2. The van der Waals surface area contributed by atoms with Crippen LogP contribution >= 0.6 is 0 Å². The molecule has 2 fully saturated rings. The zero-order valence-corrected chi connectivity index (χ0v) is 21.2. The van der Waals surface area contributed by atoms with E-state index in [1.54, 1.807) is 13.1 Å². The largest absolute Gasteiger partial charge is 0.507 e. The molecule has 5 rings (SSSR count). The summed E-state index contributed by atoms with van der Waals surface area (Å²) in [7, 11) is 0. The third-order valence-corrected chi connectivity index (χ3v) is 7.37. The predicted octanol–water partition coefficient (Wildman–Crippen LogP) is 2.55. The lowest BCUT2D eigenvalue weighted by molar-refractivity contribution is 0.0951. The molecule has 3 heterocycles. The Balaban J connectivity index is 1.48. The standard InChI is InChI=1S/C27H34N6O4/c1-17-25(35)19(16-28-8-14-32-10-2-3-11-32)22-24(26(17)36)31-21-18(6-7-20(34)23(21)30-22)27(37)29-9-15-33-12-4-5-13-33/h6-7,16,34-36H,2-5,8-15H2,1H3,(H,29,37)/b28-16+. The van der Waals surface area contributed by atoms with Gasteiger partial charge in [0.15, 0.2) is 0 Å². The lowest BCUT2D eigenvalue weighted by atomic mass is 10.0. The number of phenols is 3. The number of benzene rings is 2. The summed E-state index contributed by atoms with van der Waals surface area (Å²) in [5.41, 5.74) is 1.48. The molecule has 2 aliphatic heterocycles. The zero-order chi connectivity index (χ0) is 25.9. The fraction of sp³-hybridized carbons (Fsp3) is 0.481. The van der Waals surface area contributed by atoms with Gasteiger partial charge in [-0.1, -0.05) is 0 Å². The number of hydrogen-bond acceptors (Lipinski definition) is 9. The Kier molecular flexibility index (Phi) is 7.38. The number of carbonyl (C=O) groups is 1. The highest BCUT2D eigenvalue weighted by molar-refractivity contribution is 6.10. The van der Waals surface area contributed by atoms with E-state index < -0.39 is 0 Å². The number of rotatable bonds is 8. The smallest absolute Gasteiger partial charge is 0.253 e. The van der Waals surface area contributed by atoms with Crippen LogP contribution in [0.15, 0.2) is 17.1 Å². The Morgan fingerprint density at radius 3 is 2.27 bits per heavy atom. The second-order valence-electron chi connectivity index (χ2n) is 9.87. The van der Waals surface area contributed by atoms with Crippen molar-refractivity contribution < 1.29 is 20.1 Å². The molecular formula is C27H34N6O4. The van der Waals surface area contributed by atoms with Gasteiger partial charge >= 0.3 is 0 Å². The molecule has 37 heavy (non-hydrogen) atoms. The molecule has 196 valence electrons. The first-order valence-corrected chi connectivity index (χ1v) is 13.0. The van der Waals surface area contributed by atoms with Crippen molar-refractivity contribution >= 4 is 34.2 Å². The SMILES string of the molecule is Cc1c(O)c(/C=N/CCN2CCCC2)c2nc3c(O)ccc(C(=O)NCCN4CCCC4)c3nc2c1O. The molecule has 0 atom stereocenters. The highest BCUT2D eigenvalue weighted by Crippen LogP contribution is 2.38. The molecule has 10 heteroatoms. The minimum Gasteiger partial charge on any atom is -0.507 e. The number of amides is 1. The number of carbonyl (C=O) groups excluding carboxylic acids is 1. The third kappa shape index (κ3) is 5.17. The Labute approximate surface area is 215 Å². The highest BCUT2D eigenvalue weighted by Gasteiger charge is 2.22. The van der Waals surface area contributed by atoms with Crippen molar-refractivity contribution in [3.8, 4) is 17.2 Å². The van der Waals surface area contributed by atoms with Crippen LogP contribution in [0.5, 0.6) is 17.2 Å². The normalized spacial score (nSPS) is 17.0. The van der Waals surface area contributed by atoms with E-state index in [0.717, 1.165) is 39.3 Å². The Bertz CT molecular complexity index is 1350. The maximum Gasteiger partial charge on any atom is 0.253 e. The fourth-order valence-electron chi connectivity index (χ4n) is 5.17. The molecule has 3 aromatic rings. The summed E-state index contributed by atoms with van der Waals surface area (Å²) in [6, 6.07) is 2.92. The van der Waals surface area contributed by atoms with Gasteiger partial charge in [-0.25, -0.2) is 9.97 Å². The number of phenolic OH excluding ortho intramolecular Hbond substituents is 3. The van der Waals surface area contributed by atoms with Gasteiger partial charge in [0.2, 0.25) is 0 Å². The summed E-state index contributed by atoms with van der Waals surface area (Å²) in [5.74, 6) is -0.829. The minimum atomic E-state index is -0.323. The van der Waals surface area contributed by atoms with Crippen molar-refractivity contribution in [3.05, 3.63) is 28.8 Å². The average Bonchev–Trinajstić information content (AvgIpc) is 3.61. The number of aromatic nitrogens is 2. The van der Waals surface area contributed by atoms with E-state index in [2.05, 4.69) is 30.1 Å². The number of likely N-dealkylation sites (tertiary alicyclic amines) is 2. The summed E-state index contributed by atoms with van der Waals surface area (Å²) < 4.78 is 0. The molecule has 1 amide bonds. The number of hydrogen-bond donors (Lipinski definition) is 4. The molecule has 1 aromatic heterocycles. The molecule has 10 nitrogen and oxygen atoms in total. The van der Waals surface area contributed by atoms with Gasteiger partial charge in [-0.15, -0.1) is 0 Å². The summed E-state index contributed by atoms with van der Waals surface area (Å²) in [6.07, 6.45) is 6.33. The van der Waals surface area contributed by atoms with Crippen LogP contribution in [0.1, 0.15) is 47.2 Å². The average molecular weight is 507 g/mol. The van der Waals surface area contributed by atoms with Crippen LogP contribution in [0.4, 0.5) is 0 Å². The summed E-state index contributed by atoms with van der Waals surface area (Å²) in [4.78, 5) is 31.3. The molecule has 0 bridgehead atoms. The monoisotopic (exact) mass is 506 g/mol. The van der Waals surface area contributed by atoms with Crippen LogP contribution in [0.3, 0.4) is 0 Å². The topological polar surface area (TPSA) is 134 Å². The van der Waals surface area contributed by atoms with Crippen molar-refractivity contribution in [1.82, 2.24) is 25.1 Å². The van der Waals surface area contributed by atoms with Gasteiger partial charge < -0.3 is 30.4 Å². The molecular weight excluding hydrogens is 472 g/mol. The van der Waals surface area contributed by atoms with Crippen LogP contribution < -0.4 is 5.32 Å². The zero-order valence-electron chi connectivity index (χ0n) is 21.2. The lowest BCUT2D eigenvalue weighted by Gasteiger charge is -2.16. The van der Waals surface area contributed by atoms with E-state index >= 15 is 0 Å². The quantitative estimate of drug-likeness (QED) is 0.271. The Hall–Kier alpha value is -3.50. The van der Waals surface area contributed by atoms with E-state index in [0.29, 0.717) is 18.7 Å². The van der Waals surface area contributed by atoms with Crippen molar-refractivity contribution in [1.29, 1.82) is 0 Å².